The van der Waals surface area contributed by atoms with Crippen LogP contribution in [0.2, 0.25) is 0 Å². The summed E-state index contributed by atoms with van der Waals surface area (Å²) in [6.07, 6.45) is 6.13. The number of nitrogens with zero attached hydrogens (tertiary/aromatic N) is 4. The highest BCUT2D eigenvalue weighted by molar-refractivity contribution is 5.74. The minimum absolute atomic E-state index is 0.635. The molecule has 0 amide bonds. The molecule has 3 heterocycles. The van der Waals surface area contributed by atoms with Crippen LogP contribution in [-0.4, -0.2) is 45.4 Å². The van der Waals surface area contributed by atoms with Gasteiger partial charge in [-0.15, -0.1) is 10.2 Å². The van der Waals surface area contributed by atoms with Crippen LogP contribution in [0.1, 0.15) is 35.9 Å². The summed E-state index contributed by atoms with van der Waals surface area (Å²) in [5, 5.41) is 8.48. The maximum absolute atomic E-state index is 10.9. The largest absolute Gasteiger partial charge is 0.303 e. The van der Waals surface area contributed by atoms with E-state index >= 15 is 0 Å². The molecule has 20 heavy (non-hydrogen) atoms. The molecule has 1 atom stereocenters. The molecule has 5 nitrogen and oxygen atoms in total. The molecule has 1 aliphatic rings. The van der Waals surface area contributed by atoms with Gasteiger partial charge in [0.25, 0.3) is 0 Å². The van der Waals surface area contributed by atoms with Gasteiger partial charge in [0.1, 0.15) is 5.82 Å². The van der Waals surface area contributed by atoms with Gasteiger partial charge in [0.05, 0.1) is 0 Å². The van der Waals surface area contributed by atoms with Crippen molar-refractivity contribution < 1.29 is 4.79 Å². The third kappa shape index (κ3) is 2.58. The number of hydrogen-bond acceptors (Lipinski definition) is 4. The fraction of sp³-hybridized carbons (Fsp3) is 0.533. The number of hydrogen-bond donors (Lipinski definition) is 0. The van der Waals surface area contributed by atoms with Crippen LogP contribution < -0.4 is 0 Å². The number of pyridine rings is 1. The molecule has 1 fully saturated rings. The molecule has 0 spiro atoms. The van der Waals surface area contributed by atoms with Gasteiger partial charge in [-0.2, -0.15) is 0 Å². The van der Waals surface area contributed by atoms with Crippen molar-refractivity contribution in [2.24, 2.45) is 5.92 Å². The van der Waals surface area contributed by atoms with E-state index in [1.54, 1.807) is 6.07 Å². The highest BCUT2D eigenvalue weighted by atomic mass is 16.1. The molecule has 1 saturated heterocycles. The maximum atomic E-state index is 10.9. The second-order valence-corrected chi connectivity index (χ2v) is 5.53. The molecular weight excluding hydrogens is 252 g/mol. The van der Waals surface area contributed by atoms with E-state index in [-0.39, 0.29) is 0 Å². The van der Waals surface area contributed by atoms with Crippen LogP contribution >= 0.6 is 0 Å². The normalized spacial score (nSPS) is 20.4. The fourth-order valence-corrected chi connectivity index (χ4v) is 3.03. The molecule has 0 saturated carbocycles. The Hall–Kier alpha value is -1.75. The van der Waals surface area contributed by atoms with Gasteiger partial charge in [0, 0.05) is 24.7 Å². The van der Waals surface area contributed by atoms with E-state index in [1.807, 2.05) is 16.7 Å². The fourth-order valence-electron chi connectivity index (χ4n) is 3.03. The van der Waals surface area contributed by atoms with Crippen LogP contribution in [0, 0.1) is 5.92 Å². The quantitative estimate of drug-likeness (QED) is 0.797. The molecule has 5 heteroatoms. The molecule has 2 aromatic heterocycles. The van der Waals surface area contributed by atoms with E-state index < -0.39 is 0 Å². The third-order valence-electron chi connectivity index (χ3n) is 4.15. The molecule has 0 aliphatic carbocycles. The summed E-state index contributed by atoms with van der Waals surface area (Å²) in [5.74, 6) is 1.60. The molecule has 106 valence electrons. The zero-order valence-electron chi connectivity index (χ0n) is 11.8. The summed E-state index contributed by atoms with van der Waals surface area (Å²) < 4.78 is 1.95. The highest BCUT2D eigenvalue weighted by Crippen LogP contribution is 2.20. The first-order valence-electron chi connectivity index (χ1n) is 7.31. The predicted octanol–water partition coefficient (Wildman–Crippen LogP) is 1.82. The average molecular weight is 272 g/mol. The van der Waals surface area contributed by atoms with Gasteiger partial charge >= 0.3 is 0 Å². The molecule has 0 radical (unpaired) electrons. The topological polar surface area (TPSA) is 50.5 Å². The second kappa shape index (κ2) is 5.71. The van der Waals surface area contributed by atoms with E-state index in [4.69, 9.17) is 0 Å². The van der Waals surface area contributed by atoms with Crippen LogP contribution in [0.25, 0.3) is 5.65 Å². The Labute approximate surface area is 118 Å². The van der Waals surface area contributed by atoms with Crippen LogP contribution in [0.3, 0.4) is 0 Å². The van der Waals surface area contributed by atoms with Gasteiger partial charge in [-0.25, -0.2) is 0 Å². The van der Waals surface area contributed by atoms with Gasteiger partial charge in [-0.1, -0.05) is 6.92 Å². The predicted molar refractivity (Wildman–Crippen MR) is 76.9 cm³/mol. The highest BCUT2D eigenvalue weighted by Gasteiger charge is 2.21. The third-order valence-corrected chi connectivity index (χ3v) is 4.15. The van der Waals surface area contributed by atoms with Gasteiger partial charge < -0.3 is 4.90 Å². The number of fused-ring (bicyclic) bond motifs is 1. The average Bonchev–Trinajstić information content (AvgIpc) is 2.89. The van der Waals surface area contributed by atoms with Crippen LogP contribution in [0.15, 0.2) is 18.3 Å². The van der Waals surface area contributed by atoms with Gasteiger partial charge in [-0.3, -0.25) is 9.20 Å². The van der Waals surface area contributed by atoms with Crippen molar-refractivity contribution in [2.45, 2.75) is 26.2 Å². The lowest BCUT2D eigenvalue weighted by Crippen LogP contribution is -2.36. The van der Waals surface area contributed by atoms with Crippen molar-refractivity contribution in [3.8, 4) is 0 Å². The Morgan fingerprint density at radius 1 is 1.40 bits per heavy atom. The maximum Gasteiger partial charge on any atom is 0.160 e. The summed E-state index contributed by atoms with van der Waals surface area (Å²) in [4.78, 5) is 13.4. The summed E-state index contributed by atoms with van der Waals surface area (Å²) in [7, 11) is 0. The number of carbonyl (C=O) groups is 1. The van der Waals surface area contributed by atoms with Crippen molar-refractivity contribution in [3.05, 3.63) is 29.7 Å². The molecule has 2 aromatic rings. The zero-order valence-corrected chi connectivity index (χ0v) is 11.8. The Balaban J connectivity index is 1.81. The first kappa shape index (κ1) is 13.2. The summed E-state index contributed by atoms with van der Waals surface area (Å²) >= 11 is 0. The van der Waals surface area contributed by atoms with E-state index in [2.05, 4.69) is 22.0 Å². The molecular formula is C15H20N4O. The number of piperidine rings is 1. The Morgan fingerprint density at radius 3 is 3.10 bits per heavy atom. The zero-order chi connectivity index (χ0) is 13.9. The smallest absolute Gasteiger partial charge is 0.160 e. The van der Waals surface area contributed by atoms with E-state index in [0.29, 0.717) is 11.5 Å². The second-order valence-electron chi connectivity index (χ2n) is 5.53. The molecule has 1 aliphatic heterocycles. The van der Waals surface area contributed by atoms with Crippen LogP contribution in [0.5, 0.6) is 0 Å². The van der Waals surface area contributed by atoms with Crippen LogP contribution in [-0.2, 0) is 6.42 Å². The summed E-state index contributed by atoms with van der Waals surface area (Å²) in [6.45, 7) is 5.68. The lowest BCUT2D eigenvalue weighted by molar-refractivity contribution is 0.112. The number of rotatable bonds is 4. The van der Waals surface area contributed by atoms with Crippen LogP contribution in [0.4, 0.5) is 0 Å². The molecule has 0 bridgehead atoms. The SMILES string of the molecule is CCN1CCCC(Cc2nnc3ccc(C=O)cn23)C1. The number of aromatic nitrogens is 3. The van der Waals surface area contributed by atoms with Crippen molar-refractivity contribution in [2.75, 3.05) is 19.6 Å². The lowest BCUT2D eigenvalue weighted by atomic mass is 9.94. The number of aldehydes is 1. The van der Waals surface area contributed by atoms with Gasteiger partial charge in [0.15, 0.2) is 11.9 Å². The van der Waals surface area contributed by atoms with Gasteiger partial charge in [-0.05, 0) is 44.0 Å². The lowest BCUT2D eigenvalue weighted by Gasteiger charge is -2.31. The molecule has 0 N–H and O–H groups in total. The monoisotopic (exact) mass is 272 g/mol. The van der Waals surface area contributed by atoms with E-state index in [0.717, 1.165) is 37.3 Å². The minimum Gasteiger partial charge on any atom is -0.303 e. The summed E-state index contributed by atoms with van der Waals surface area (Å²) in [6, 6.07) is 3.62. The number of carbonyl (C=O) groups excluding carboxylic acids is 1. The molecule has 3 rings (SSSR count). The Kier molecular flexibility index (Phi) is 3.78. The van der Waals surface area contributed by atoms with E-state index in [1.165, 1.54) is 19.4 Å². The van der Waals surface area contributed by atoms with Crippen molar-refractivity contribution in [1.29, 1.82) is 0 Å². The first-order chi connectivity index (χ1) is 9.80. The van der Waals surface area contributed by atoms with Crippen molar-refractivity contribution in [1.82, 2.24) is 19.5 Å². The molecule has 1 unspecified atom stereocenters. The first-order valence-corrected chi connectivity index (χ1v) is 7.31. The summed E-state index contributed by atoms with van der Waals surface area (Å²) in [5.41, 5.74) is 1.48. The number of likely N-dealkylation sites (tertiary alicyclic amines) is 1. The van der Waals surface area contributed by atoms with Crippen molar-refractivity contribution in [3.63, 3.8) is 0 Å². The standard InChI is InChI=1S/C15H20N4O/c1-2-18-7-3-4-12(9-18)8-15-17-16-14-6-5-13(11-20)10-19(14)15/h5-6,10-12H,2-4,7-9H2,1H3. The van der Waals surface area contributed by atoms with E-state index in [9.17, 15) is 4.79 Å². The van der Waals surface area contributed by atoms with Crippen molar-refractivity contribution >= 4 is 11.9 Å². The Morgan fingerprint density at radius 2 is 2.30 bits per heavy atom. The Bertz CT molecular complexity index is 607. The molecule has 0 aromatic carbocycles. The van der Waals surface area contributed by atoms with Gasteiger partial charge in [0.2, 0.25) is 0 Å². The minimum atomic E-state index is 0.635.